The fourth-order valence-corrected chi connectivity index (χ4v) is 3.40. The van der Waals surface area contributed by atoms with Crippen molar-refractivity contribution in [2.45, 2.75) is 77.7 Å². The molecule has 0 radical (unpaired) electrons. The molecule has 0 bridgehead atoms. The van der Waals surface area contributed by atoms with Gasteiger partial charge in [-0.05, 0) is 38.0 Å². The van der Waals surface area contributed by atoms with Crippen LogP contribution in [0.4, 0.5) is 0 Å². The highest BCUT2D eigenvalue weighted by molar-refractivity contribution is 5.28. The van der Waals surface area contributed by atoms with E-state index in [-0.39, 0.29) is 0 Å². The van der Waals surface area contributed by atoms with Gasteiger partial charge >= 0.3 is 0 Å². The Balaban J connectivity index is 2.02. The van der Waals surface area contributed by atoms with Crippen molar-refractivity contribution in [1.82, 2.24) is 15.0 Å². The monoisotopic (exact) mass is 274 g/mol. The third kappa shape index (κ3) is 3.39. The van der Waals surface area contributed by atoms with Gasteiger partial charge in [-0.25, -0.2) is 4.68 Å². The van der Waals surface area contributed by atoms with Crippen LogP contribution in [-0.4, -0.2) is 15.0 Å². The number of hydrogen-bond donors (Lipinski definition) is 0. The molecule has 2 rings (SSSR count). The van der Waals surface area contributed by atoms with Crippen molar-refractivity contribution in [3.8, 4) is 6.07 Å². The maximum absolute atomic E-state index is 9.23. The number of aromatic nitrogens is 3. The van der Waals surface area contributed by atoms with Crippen LogP contribution in [0.15, 0.2) is 0 Å². The smallest absolute Gasteiger partial charge is 0.186 e. The minimum absolute atomic E-state index is 0.490. The Morgan fingerprint density at radius 1 is 1.20 bits per heavy atom. The summed E-state index contributed by atoms with van der Waals surface area (Å²) in [7, 11) is 0. The van der Waals surface area contributed by atoms with Gasteiger partial charge in [0.05, 0.1) is 5.69 Å². The van der Waals surface area contributed by atoms with Gasteiger partial charge in [-0.1, -0.05) is 38.3 Å². The molecular formula is C16H26N4. The van der Waals surface area contributed by atoms with Crippen LogP contribution in [-0.2, 0) is 6.54 Å². The molecule has 0 atom stereocenters. The Morgan fingerprint density at radius 2 is 1.95 bits per heavy atom. The zero-order valence-corrected chi connectivity index (χ0v) is 12.8. The molecule has 110 valence electrons. The maximum atomic E-state index is 9.23. The molecule has 0 spiro atoms. The van der Waals surface area contributed by atoms with Gasteiger partial charge in [0.15, 0.2) is 5.69 Å². The molecule has 1 saturated carbocycles. The van der Waals surface area contributed by atoms with Crippen molar-refractivity contribution < 1.29 is 0 Å². The molecule has 1 aromatic heterocycles. The minimum Gasteiger partial charge on any atom is -0.248 e. The Labute approximate surface area is 122 Å². The summed E-state index contributed by atoms with van der Waals surface area (Å²) in [5.41, 5.74) is 1.65. The standard InChI is InChI=1S/C16H26N4/c1-3-5-6-13-7-9-14(10-8-13)16-15(12-17)18-19-20(16)11-4-2/h13-14H,3-11H2,1-2H3. The van der Waals surface area contributed by atoms with Crippen LogP contribution < -0.4 is 0 Å². The fourth-order valence-electron chi connectivity index (χ4n) is 3.40. The van der Waals surface area contributed by atoms with E-state index < -0.39 is 0 Å². The topological polar surface area (TPSA) is 54.5 Å². The summed E-state index contributed by atoms with van der Waals surface area (Å²) in [5.74, 6) is 1.39. The summed E-state index contributed by atoms with van der Waals surface area (Å²) in [6.45, 7) is 5.28. The average Bonchev–Trinajstić information content (AvgIpc) is 2.89. The first-order valence-corrected chi connectivity index (χ1v) is 8.13. The number of unbranched alkanes of at least 4 members (excludes halogenated alkanes) is 1. The predicted octanol–water partition coefficient (Wildman–Crippen LogP) is 4.02. The number of nitrogens with zero attached hydrogens (tertiary/aromatic N) is 4. The Morgan fingerprint density at radius 3 is 2.55 bits per heavy atom. The van der Waals surface area contributed by atoms with Gasteiger partial charge in [0.1, 0.15) is 6.07 Å². The van der Waals surface area contributed by atoms with Crippen molar-refractivity contribution in [3.05, 3.63) is 11.4 Å². The third-order valence-electron chi connectivity index (χ3n) is 4.51. The van der Waals surface area contributed by atoms with Crippen LogP contribution in [0.2, 0.25) is 0 Å². The Kier molecular flexibility index (Phi) is 5.58. The van der Waals surface area contributed by atoms with Crippen LogP contribution in [0, 0.1) is 17.2 Å². The van der Waals surface area contributed by atoms with E-state index in [1.807, 2.05) is 4.68 Å². The highest BCUT2D eigenvalue weighted by Gasteiger charge is 2.27. The van der Waals surface area contributed by atoms with E-state index in [4.69, 9.17) is 0 Å². The second kappa shape index (κ2) is 7.42. The summed E-state index contributed by atoms with van der Waals surface area (Å²) >= 11 is 0. The van der Waals surface area contributed by atoms with E-state index in [1.54, 1.807) is 0 Å². The van der Waals surface area contributed by atoms with Crippen molar-refractivity contribution in [3.63, 3.8) is 0 Å². The van der Waals surface area contributed by atoms with E-state index in [2.05, 4.69) is 30.2 Å². The summed E-state index contributed by atoms with van der Waals surface area (Å²) in [5, 5.41) is 17.4. The summed E-state index contributed by atoms with van der Waals surface area (Å²) < 4.78 is 1.97. The molecule has 4 nitrogen and oxygen atoms in total. The van der Waals surface area contributed by atoms with Gasteiger partial charge in [0, 0.05) is 12.5 Å². The lowest BCUT2D eigenvalue weighted by molar-refractivity contribution is 0.295. The van der Waals surface area contributed by atoms with Crippen LogP contribution in [0.25, 0.3) is 0 Å². The van der Waals surface area contributed by atoms with Crippen molar-refractivity contribution in [2.75, 3.05) is 0 Å². The van der Waals surface area contributed by atoms with Crippen molar-refractivity contribution in [2.24, 2.45) is 5.92 Å². The lowest BCUT2D eigenvalue weighted by Gasteiger charge is -2.28. The number of aryl methyl sites for hydroxylation is 1. The minimum atomic E-state index is 0.490. The molecule has 1 heterocycles. The second-order valence-electron chi connectivity index (χ2n) is 6.02. The van der Waals surface area contributed by atoms with Crippen LogP contribution >= 0.6 is 0 Å². The molecule has 1 aliphatic carbocycles. The second-order valence-corrected chi connectivity index (χ2v) is 6.02. The van der Waals surface area contributed by atoms with E-state index in [1.165, 1.54) is 44.9 Å². The lowest BCUT2D eigenvalue weighted by Crippen LogP contribution is -2.17. The SMILES string of the molecule is CCCCC1CCC(c2c(C#N)nnn2CCC)CC1. The van der Waals surface area contributed by atoms with E-state index in [0.29, 0.717) is 11.6 Å². The van der Waals surface area contributed by atoms with E-state index in [9.17, 15) is 5.26 Å². The van der Waals surface area contributed by atoms with Gasteiger partial charge in [0.25, 0.3) is 0 Å². The highest BCUT2D eigenvalue weighted by Crippen LogP contribution is 2.38. The van der Waals surface area contributed by atoms with Gasteiger partial charge < -0.3 is 0 Å². The van der Waals surface area contributed by atoms with Crippen molar-refractivity contribution >= 4 is 0 Å². The van der Waals surface area contributed by atoms with Gasteiger partial charge in [-0.15, -0.1) is 5.10 Å². The summed E-state index contributed by atoms with van der Waals surface area (Å²) in [4.78, 5) is 0. The van der Waals surface area contributed by atoms with Crippen LogP contribution in [0.1, 0.15) is 82.5 Å². The quantitative estimate of drug-likeness (QED) is 0.787. The molecule has 0 amide bonds. The molecule has 0 unspecified atom stereocenters. The molecule has 0 saturated heterocycles. The fraction of sp³-hybridized carbons (Fsp3) is 0.812. The molecule has 0 aromatic carbocycles. The van der Waals surface area contributed by atoms with Crippen molar-refractivity contribution in [1.29, 1.82) is 5.26 Å². The lowest BCUT2D eigenvalue weighted by atomic mass is 9.78. The van der Waals surface area contributed by atoms with Crippen LogP contribution in [0.5, 0.6) is 0 Å². The summed E-state index contributed by atoms with van der Waals surface area (Å²) in [6, 6.07) is 2.22. The molecule has 1 fully saturated rings. The highest BCUT2D eigenvalue weighted by atomic mass is 15.4. The average molecular weight is 274 g/mol. The maximum Gasteiger partial charge on any atom is 0.186 e. The first kappa shape index (κ1) is 15.0. The zero-order valence-electron chi connectivity index (χ0n) is 12.8. The molecule has 4 heteroatoms. The zero-order chi connectivity index (χ0) is 14.4. The van der Waals surface area contributed by atoms with E-state index in [0.717, 1.165) is 24.6 Å². The predicted molar refractivity (Wildman–Crippen MR) is 79.3 cm³/mol. The number of rotatable bonds is 6. The van der Waals surface area contributed by atoms with Crippen LogP contribution in [0.3, 0.4) is 0 Å². The number of nitriles is 1. The molecule has 20 heavy (non-hydrogen) atoms. The molecule has 1 aliphatic rings. The molecule has 1 aromatic rings. The largest absolute Gasteiger partial charge is 0.248 e. The normalized spacial score (nSPS) is 22.6. The Bertz CT molecular complexity index is 450. The summed E-state index contributed by atoms with van der Waals surface area (Å²) in [6.07, 6.45) is 10.0. The molecule has 0 aliphatic heterocycles. The first-order valence-electron chi connectivity index (χ1n) is 8.13. The molecule has 0 N–H and O–H groups in total. The Hall–Kier alpha value is -1.37. The van der Waals surface area contributed by atoms with Gasteiger partial charge in [-0.3, -0.25) is 0 Å². The number of hydrogen-bond acceptors (Lipinski definition) is 3. The van der Waals surface area contributed by atoms with Gasteiger partial charge in [0.2, 0.25) is 0 Å². The molecular weight excluding hydrogens is 248 g/mol. The van der Waals surface area contributed by atoms with E-state index >= 15 is 0 Å². The third-order valence-corrected chi connectivity index (χ3v) is 4.51. The first-order chi connectivity index (χ1) is 9.80. The van der Waals surface area contributed by atoms with Gasteiger partial charge in [-0.2, -0.15) is 5.26 Å².